The summed E-state index contributed by atoms with van der Waals surface area (Å²) in [6.07, 6.45) is 1.08. The van der Waals surface area contributed by atoms with Crippen LogP contribution in [0, 0.1) is 0 Å². The van der Waals surface area contributed by atoms with Gasteiger partial charge in [0, 0.05) is 5.69 Å². The summed E-state index contributed by atoms with van der Waals surface area (Å²) >= 11 is 5.98. The fourth-order valence-corrected chi connectivity index (χ4v) is 2.30. The Morgan fingerprint density at radius 1 is 1.41 bits per heavy atom. The summed E-state index contributed by atoms with van der Waals surface area (Å²) in [6, 6.07) is 5.40. The van der Waals surface area contributed by atoms with Crippen LogP contribution in [0.1, 0.15) is 0 Å². The number of nitrogens with one attached hydrogen (secondary N) is 2. The van der Waals surface area contributed by atoms with E-state index < -0.39 is 10.0 Å². The van der Waals surface area contributed by atoms with Crippen LogP contribution in [0.5, 0.6) is 0 Å². The third kappa shape index (κ3) is 3.49. The zero-order valence-corrected chi connectivity index (χ0v) is 10.8. The molecular weight excluding hydrogens is 264 g/mol. The molecule has 0 aliphatic carbocycles. The zero-order chi connectivity index (χ0) is 12.5. The molecule has 2 N–H and O–H groups in total. The van der Waals surface area contributed by atoms with Gasteiger partial charge >= 0.3 is 0 Å². The minimum absolute atomic E-state index is 0.305. The molecule has 0 aromatic heterocycles. The number of ether oxygens (including phenoxy) is 1. The number of rotatable bonds is 4. The monoisotopic (exact) mass is 276 g/mol. The normalized spacial score (nSPS) is 16.4. The van der Waals surface area contributed by atoms with Crippen LogP contribution < -0.4 is 10.0 Å². The second-order valence-electron chi connectivity index (χ2n) is 3.95. The van der Waals surface area contributed by atoms with Crippen molar-refractivity contribution in [2.24, 2.45) is 0 Å². The van der Waals surface area contributed by atoms with E-state index in [0.717, 1.165) is 11.9 Å². The second-order valence-corrected chi connectivity index (χ2v) is 6.10. The van der Waals surface area contributed by atoms with E-state index in [-0.39, 0.29) is 0 Å². The summed E-state index contributed by atoms with van der Waals surface area (Å²) < 4.78 is 29.5. The van der Waals surface area contributed by atoms with E-state index in [2.05, 4.69) is 10.0 Å². The maximum Gasteiger partial charge on any atom is 0.229 e. The molecule has 0 saturated carbocycles. The molecule has 94 valence electrons. The Kier molecular flexibility index (Phi) is 3.46. The van der Waals surface area contributed by atoms with E-state index in [0.29, 0.717) is 30.0 Å². The van der Waals surface area contributed by atoms with E-state index in [1.54, 1.807) is 18.2 Å². The smallest absolute Gasteiger partial charge is 0.229 e. The van der Waals surface area contributed by atoms with Gasteiger partial charge in [-0.3, -0.25) is 4.72 Å². The maximum atomic E-state index is 11.1. The first kappa shape index (κ1) is 12.5. The molecule has 1 fully saturated rings. The van der Waals surface area contributed by atoms with Crippen molar-refractivity contribution in [3.8, 4) is 0 Å². The Hall–Kier alpha value is -0.980. The van der Waals surface area contributed by atoms with Crippen LogP contribution >= 0.6 is 11.6 Å². The average Bonchev–Trinajstić information content (AvgIpc) is 2.14. The lowest BCUT2D eigenvalue weighted by atomic mass is 10.2. The van der Waals surface area contributed by atoms with Gasteiger partial charge in [-0.05, 0) is 18.2 Å². The van der Waals surface area contributed by atoms with Crippen molar-refractivity contribution in [3.05, 3.63) is 23.2 Å². The van der Waals surface area contributed by atoms with Crippen molar-refractivity contribution in [2.45, 2.75) is 6.04 Å². The van der Waals surface area contributed by atoms with Crippen LogP contribution in [0.15, 0.2) is 18.2 Å². The van der Waals surface area contributed by atoms with Crippen molar-refractivity contribution < 1.29 is 13.2 Å². The van der Waals surface area contributed by atoms with E-state index in [1.165, 1.54) is 0 Å². The molecule has 1 aromatic rings. The third-order valence-corrected chi connectivity index (χ3v) is 3.18. The number of sulfonamides is 1. The molecule has 1 aliphatic rings. The van der Waals surface area contributed by atoms with Crippen molar-refractivity contribution in [1.29, 1.82) is 0 Å². The van der Waals surface area contributed by atoms with Gasteiger partial charge in [0.25, 0.3) is 0 Å². The number of hydrogen-bond acceptors (Lipinski definition) is 4. The highest BCUT2D eigenvalue weighted by Crippen LogP contribution is 2.27. The quantitative estimate of drug-likeness (QED) is 0.875. The number of anilines is 2. The molecule has 0 amide bonds. The molecule has 0 spiro atoms. The highest BCUT2D eigenvalue weighted by atomic mass is 35.5. The molecule has 5 nitrogen and oxygen atoms in total. The van der Waals surface area contributed by atoms with E-state index in [9.17, 15) is 8.42 Å². The van der Waals surface area contributed by atoms with Crippen LogP contribution in [0.2, 0.25) is 5.02 Å². The van der Waals surface area contributed by atoms with Crippen LogP contribution in [-0.4, -0.2) is 33.9 Å². The van der Waals surface area contributed by atoms with Crippen LogP contribution in [0.4, 0.5) is 11.4 Å². The van der Waals surface area contributed by atoms with Crippen LogP contribution in [0.3, 0.4) is 0 Å². The summed E-state index contributed by atoms with van der Waals surface area (Å²) in [4.78, 5) is 0. The first-order chi connectivity index (χ1) is 7.94. The van der Waals surface area contributed by atoms with Crippen LogP contribution in [-0.2, 0) is 14.8 Å². The summed E-state index contributed by atoms with van der Waals surface area (Å²) in [6.45, 7) is 1.36. The topological polar surface area (TPSA) is 67.4 Å². The summed E-state index contributed by atoms with van der Waals surface area (Å²) in [7, 11) is -3.30. The predicted molar refractivity (Wildman–Crippen MR) is 68.1 cm³/mol. The average molecular weight is 277 g/mol. The lowest BCUT2D eigenvalue weighted by Crippen LogP contribution is -2.40. The van der Waals surface area contributed by atoms with Gasteiger partial charge in [0.1, 0.15) is 0 Å². The van der Waals surface area contributed by atoms with Gasteiger partial charge in [-0.15, -0.1) is 0 Å². The number of benzene rings is 1. The predicted octanol–water partition coefficient (Wildman–Crippen LogP) is 1.52. The molecule has 7 heteroatoms. The van der Waals surface area contributed by atoms with E-state index in [4.69, 9.17) is 16.3 Å². The van der Waals surface area contributed by atoms with Crippen LogP contribution in [0.25, 0.3) is 0 Å². The summed E-state index contributed by atoms with van der Waals surface area (Å²) in [5.41, 5.74) is 1.23. The molecule has 1 saturated heterocycles. The lowest BCUT2D eigenvalue weighted by Gasteiger charge is -2.28. The van der Waals surface area contributed by atoms with Gasteiger partial charge in [-0.2, -0.15) is 0 Å². The Balaban J connectivity index is 2.10. The minimum Gasteiger partial charge on any atom is -0.378 e. The third-order valence-electron chi connectivity index (χ3n) is 2.27. The van der Waals surface area contributed by atoms with Gasteiger partial charge in [0.05, 0.1) is 36.2 Å². The van der Waals surface area contributed by atoms with Gasteiger partial charge in [0.15, 0.2) is 0 Å². The minimum atomic E-state index is -3.30. The van der Waals surface area contributed by atoms with E-state index >= 15 is 0 Å². The Morgan fingerprint density at radius 2 is 2.12 bits per heavy atom. The molecule has 0 atom stereocenters. The van der Waals surface area contributed by atoms with Gasteiger partial charge in [-0.1, -0.05) is 11.6 Å². The second kappa shape index (κ2) is 4.72. The zero-order valence-electron chi connectivity index (χ0n) is 9.23. The molecule has 1 aromatic carbocycles. The fourth-order valence-electron chi connectivity index (χ4n) is 1.44. The number of hydrogen-bond donors (Lipinski definition) is 2. The molecule has 1 aliphatic heterocycles. The van der Waals surface area contributed by atoms with Crippen molar-refractivity contribution in [3.63, 3.8) is 0 Å². The Labute approximate surface area is 105 Å². The number of halogens is 1. The van der Waals surface area contributed by atoms with Gasteiger partial charge in [-0.25, -0.2) is 8.42 Å². The van der Waals surface area contributed by atoms with E-state index in [1.807, 2.05) is 0 Å². The molecule has 0 unspecified atom stereocenters. The lowest BCUT2D eigenvalue weighted by molar-refractivity contribution is 0.0211. The molecule has 2 rings (SSSR count). The Morgan fingerprint density at radius 3 is 2.59 bits per heavy atom. The highest BCUT2D eigenvalue weighted by molar-refractivity contribution is 7.92. The largest absolute Gasteiger partial charge is 0.378 e. The standard InChI is InChI=1S/C10H13ClN2O3S/c1-17(14,15)13-10-3-2-7(4-9(10)11)12-8-5-16-6-8/h2-4,8,12-13H,5-6H2,1H3. The van der Waals surface area contributed by atoms with Crippen molar-refractivity contribution >= 4 is 33.0 Å². The van der Waals surface area contributed by atoms with Gasteiger partial charge < -0.3 is 10.1 Å². The SMILES string of the molecule is CS(=O)(=O)Nc1ccc(NC2COC2)cc1Cl. The summed E-state index contributed by atoms with van der Waals surface area (Å²) in [5, 5.41) is 3.58. The molecule has 0 radical (unpaired) electrons. The molecule has 17 heavy (non-hydrogen) atoms. The van der Waals surface area contributed by atoms with Gasteiger partial charge in [0.2, 0.25) is 10.0 Å². The first-order valence-electron chi connectivity index (χ1n) is 5.06. The maximum absolute atomic E-state index is 11.1. The van der Waals surface area contributed by atoms with Crippen molar-refractivity contribution in [2.75, 3.05) is 29.5 Å². The highest BCUT2D eigenvalue weighted by Gasteiger charge is 2.18. The Bertz CT molecular complexity index is 514. The molecule has 0 bridgehead atoms. The molecular formula is C10H13ClN2O3S. The fraction of sp³-hybridized carbons (Fsp3) is 0.400. The molecule has 1 heterocycles. The summed E-state index contributed by atoms with van der Waals surface area (Å²) in [5.74, 6) is 0. The first-order valence-corrected chi connectivity index (χ1v) is 7.32. The van der Waals surface area contributed by atoms with Crippen molar-refractivity contribution in [1.82, 2.24) is 0 Å².